The minimum atomic E-state index is -3.68. The number of hydrogen-bond acceptors (Lipinski definition) is 4. The first kappa shape index (κ1) is 15.7. The molecule has 0 saturated carbocycles. The summed E-state index contributed by atoms with van der Waals surface area (Å²) in [6.07, 6.45) is 2.55. The Kier molecular flexibility index (Phi) is 4.20. The molecule has 1 aromatic carbocycles. The average molecular weight is 326 g/mol. The lowest BCUT2D eigenvalue weighted by atomic mass is 9.87. The van der Waals surface area contributed by atoms with Crippen LogP contribution in [0.15, 0.2) is 41.6 Å². The van der Waals surface area contributed by atoms with Crippen molar-refractivity contribution in [3.05, 3.63) is 47.4 Å². The molecular weight excluding hydrogens is 310 g/mol. The molecule has 2 rings (SSSR count). The maximum Gasteiger partial charge on any atom is 0.263 e. The van der Waals surface area contributed by atoms with Crippen LogP contribution in [0, 0.1) is 0 Å². The van der Waals surface area contributed by atoms with Crippen LogP contribution in [0.25, 0.3) is 0 Å². The standard InChI is InChI=1S/C14H16ClN3O2S/c1-14(2,3)10-4-6-11(7-5-10)21(19,20)18-13-9-16-12(15)8-17-13/h4-9H,1-3H3,(H,17,18). The maximum absolute atomic E-state index is 12.2. The SMILES string of the molecule is CC(C)(C)c1ccc(S(=O)(=O)Nc2cnc(Cl)cn2)cc1. The van der Waals surface area contributed by atoms with Gasteiger partial charge in [0.2, 0.25) is 0 Å². The summed E-state index contributed by atoms with van der Waals surface area (Å²) in [6, 6.07) is 6.77. The van der Waals surface area contributed by atoms with Crippen LogP contribution in [-0.4, -0.2) is 18.4 Å². The van der Waals surface area contributed by atoms with Gasteiger partial charge in [-0.1, -0.05) is 44.5 Å². The molecule has 0 saturated heterocycles. The molecular formula is C14H16ClN3O2S. The molecule has 0 amide bonds. The molecule has 0 fully saturated rings. The molecule has 5 nitrogen and oxygen atoms in total. The van der Waals surface area contributed by atoms with Crippen LogP contribution < -0.4 is 4.72 Å². The molecule has 1 N–H and O–H groups in total. The van der Waals surface area contributed by atoms with E-state index in [1.54, 1.807) is 12.1 Å². The van der Waals surface area contributed by atoms with E-state index in [4.69, 9.17) is 11.6 Å². The summed E-state index contributed by atoms with van der Waals surface area (Å²) in [7, 11) is -3.68. The van der Waals surface area contributed by atoms with Crippen molar-refractivity contribution in [1.29, 1.82) is 0 Å². The fourth-order valence-electron chi connectivity index (χ4n) is 1.70. The minimum absolute atomic E-state index is 0.0304. The predicted octanol–water partition coefficient (Wildman–Crippen LogP) is 3.23. The Hall–Kier alpha value is -1.66. The van der Waals surface area contributed by atoms with Crippen molar-refractivity contribution in [2.45, 2.75) is 31.1 Å². The van der Waals surface area contributed by atoms with Gasteiger partial charge in [0, 0.05) is 0 Å². The summed E-state index contributed by atoms with van der Waals surface area (Å²) in [4.78, 5) is 7.81. The molecule has 1 aromatic heterocycles. The summed E-state index contributed by atoms with van der Waals surface area (Å²) in [5.41, 5.74) is 1.03. The van der Waals surface area contributed by atoms with Crippen molar-refractivity contribution < 1.29 is 8.42 Å². The van der Waals surface area contributed by atoms with Gasteiger partial charge in [0.1, 0.15) is 5.15 Å². The van der Waals surface area contributed by atoms with Crippen LogP contribution in [0.2, 0.25) is 5.15 Å². The van der Waals surface area contributed by atoms with Crippen molar-refractivity contribution in [3.63, 3.8) is 0 Å². The van der Waals surface area contributed by atoms with E-state index in [0.717, 1.165) is 5.56 Å². The first-order chi connectivity index (χ1) is 9.68. The monoisotopic (exact) mass is 325 g/mol. The normalized spacial score (nSPS) is 12.2. The fraction of sp³-hybridized carbons (Fsp3) is 0.286. The van der Waals surface area contributed by atoms with Gasteiger partial charge < -0.3 is 0 Å². The van der Waals surface area contributed by atoms with Gasteiger partial charge in [0.05, 0.1) is 17.3 Å². The second-order valence-corrected chi connectivity index (χ2v) is 7.67. The number of rotatable bonds is 3. The molecule has 0 spiro atoms. The summed E-state index contributed by atoms with van der Waals surface area (Å²) >= 11 is 5.61. The van der Waals surface area contributed by atoms with E-state index in [1.807, 2.05) is 12.1 Å². The van der Waals surface area contributed by atoms with Crippen LogP contribution in [0.1, 0.15) is 26.3 Å². The number of benzene rings is 1. The summed E-state index contributed by atoms with van der Waals surface area (Å²) in [6.45, 7) is 6.20. The van der Waals surface area contributed by atoms with E-state index in [2.05, 4.69) is 35.5 Å². The number of nitrogens with zero attached hydrogens (tertiary/aromatic N) is 2. The highest BCUT2D eigenvalue weighted by molar-refractivity contribution is 7.92. The van der Waals surface area contributed by atoms with Gasteiger partial charge in [-0.2, -0.15) is 0 Å². The lowest BCUT2D eigenvalue weighted by molar-refractivity contribution is 0.587. The van der Waals surface area contributed by atoms with Crippen LogP contribution in [0.5, 0.6) is 0 Å². The zero-order valence-electron chi connectivity index (χ0n) is 12.0. The van der Waals surface area contributed by atoms with Gasteiger partial charge in [-0.25, -0.2) is 18.4 Å². The number of halogens is 1. The lowest BCUT2D eigenvalue weighted by Gasteiger charge is -2.19. The molecule has 0 bridgehead atoms. The van der Waals surface area contributed by atoms with Crippen LogP contribution in [0.3, 0.4) is 0 Å². The third kappa shape index (κ3) is 3.92. The fourth-order valence-corrected chi connectivity index (χ4v) is 2.79. The van der Waals surface area contributed by atoms with Gasteiger partial charge in [-0.15, -0.1) is 0 Å². The van der Waals surface area contributed by atoms with E-state index in [9.17, 15) is 8.42 Å². The van der Waals surface area contributed by atoms with E-state index in [-0.39, 0.29) is 21.3 Å². The molecule has 0 radical (unpaired) electrons. The topological polar surface area (TPSA) is 72.0 Å². The Bertz CT molecular complexity index is 720. The van der Waals surface area contributed by atoms with Crippen molar-refractivity contribution in [2.75, 3.05) is 4.72 Å². The van der Waals surface area contributed by atoms with Crippen molar-refractivity contribution >= 4 is 27.4 Å². The molecule has 2 aromatic rings. The largest absolute Gasteiger partial charge is 0.263 e. The number of sulfonamides is 1. The first-order valence-electron chi connectivity index (χ1n) is 6.29. The molecule has 7 heteroatoms. The summed E-state index contributed by atoms with van der Waals surface area (Å²) in [5.74, 6) is 0.124. The molecule has 0 aliphatic heterocycles. The molecule has 0 aliphatic carbocycles. The molecule has 0 unspecified atom stereocenters. The Morgan fingerprint density at radius 2 is 1.67 bits per heavy atom. The molecule has 0 atom stereocenters. The van der Waals surface area contributed by atoms with Gasteiger partial charge in [0.15, 0.2) is 5.82 Å². The highest BCUT2D eigenvalue weighted by Gasteiger charge is 2.18. The zero-order valence-corrected chi connectivity index (χ0v) is 13.5. The number of anilines is 1. The zero-order chi connectivity index (χ0) is 15.7. The third-order valence-electron chi connectivity index (χ3n) is 2.89. The third-order valence-corrected chi connectivity index (χ3v) is 4.46. The van der Waals surface area contributed by atoms with Gasteiger partial charge in [-0.3, -0.25) is 4.72 Å². The van der Waals surface area contributed by atoms with Crippen LogP contribution in [0.4, 0.5) is 5.82 Å². The van der Waals surface area contributed by atoms with Crippen molar-refractivity contribution in [3.8, 4) is 0 Å². The van der Waals surface area contributed by atoms with Crippen LogP contribution in [-0.2, 0) is 15.4 Å². The Balaban J connectivity index is 2.25. The second-order valence-electron chi connectivity index (χ2n) is 5.60. The minimum Gasteiger partial charge on any atom is -0.262 e. The average Bonchev–Trinajstić information content (AvgIpc) is 2.40. The van der Waals surface area contributed by atoms with E-state index in [0.29, 0.717) is 0 Å². The highest BCUT2D eigenvalue weighted by Crippen LogP contribution is 2.24. The summed E-state index contributed by atoms with van der Waals surface area (Å²) < 4.78 is 26.8. The van der Waals surface area contributed by atoms with E-state index < -0.39 is 10.0 Å². The maximum atomic E-state index is 12.2. The predicted molar refractivity (Wildman–Crippen MR) is 83.0 cm³/mol. The molecule has 0 aliphatic rings. The quantitative estimate of drug-likeness (QED) is 0.940. The number of aromatic nitrogens is 2. The van der Waals surface area contributed by atoms with E-state index in [1.165, 1.54) is 12.4 Å². The van der Waals surface area contributed by atoms with Gasteiger partial charge in [0.25, 0.3) is 10.0 Å². The number of hydrogen-bond donors (Lipinski definition) is 1. The Morgan fingerprint density at radius 3 is 2.14 bits per heavy atom. The smallest absolute Gasteiger partial charge is 0.262 e. The Morgan fingerprint density at radius 1 is 1.05 bits per heavy atom. The molecule has 1 heterocycles. The Labute approximate surface area is 129 Å². The molecule has 112 valence electrons. The number of nitrogens with one attached hydrogen (secondary N) is 1. The second kappa shape index (κ2) is 5.61. The van der Waals surface area contributed by atoms with Crippen molar-refractivity contribution in [1.82, 2.24) is 9.97 Å². The first-order valence-corrected chi connectivity index (χ1v) is 8.15. The van der Waals surface area contributed by atoms with Crippen molar-refractivity contribution in [2.24, 2.45) is 0 Å². The lowest BCUT2D eigenvalue weighted by Crippen LogP contribution is -2.15. The highest BCUT2D eigenvalue weighted by atomic mass is 35.5. The summed E-state index contributed by atoms with van der Waals surface area (Å²) in [5, 5.41) is 0.201. The van der Waals surface area contributed by atoms with Gasteiger partial charge in [-0.05, 0) is 23.1 Å². The van der Waals surface area contributed by atoms with Crippen LogP contribution >= 0.6 is 11.6 Å². The molecule has 21 heavy (non-hydrogen) atoms. The van der Waals surface area contributed by atoms with E-state index >= 15 is 0 Å². The van der Waals surface area contributed by atoms with Gasteiger partial charge >= 0.3 is 0 Å².